The number of esters is 2. The number of carbonyl (C=O) groups is 3. The maximum Gasteiger partial charge on any atom is 0.472 e. The van der Waals surface area contributed by atoms with Gasteiger partial charge in [-0.05, 0) is 38.5 Å². The van der Waals surface area contributed by atoms with E-state index < -0.39 is 51.1 Å². The number of phosphoric acid groups is 1. The van der Waals surface area contributed by atoms with Gasteiger partial charge in [-0.25, -0.2) is 4.57 Å². The molecule has 280 valence electrons. The molecule has 0 rings (SSSR count). The number of hydrogen-bond acceptors (Lipinski definition) is 9. The van der Waals surface area contributed by atoms with Crippen LogP contribution >= 0.6 is 7.82 Å². The first kappa shape index (κ1) is 46.0. The van der Waals surface area contributed by atoms with E-state index in [0.29, 0.717) is 19.3 Å². The smallest absolute Gasteiger partial charge is 0.472 e. The van der Waals surface area contributed by atoms with Crippen molar-refractivity contribution in [2.24, 2.45) is 5.73 Å². The van der Waals surface area contributed by atoms with Crippen molar-refractivity contribution >= 4 is 25.7 Å². The van der Waals surface area contributed by atoms with Crippen molar-refractivity contribution < 1.29 is 47.5 Å². The highest BCUT2D eigenvalue weighted by molar-refractivity contribution is 7.47. The van der Waals surface area contributed by atoms with Crippen molar-refractivity contribution in [3.05, 3.63) is 24.3 Å². The van der Waals surface area contributed by atoms with Gasteiger partial charge in [0.05, 0.1) is 13.2 Å². The number of carbonyl (C=O) groups excluding carboxylic acids is 2. The van der Waals surface area contributed by atoms with Crippen molar-refractivity contribution in [1.29, 1.82) is 0 Å². The average Bonchev–Trinajstić information content (AvgIpc) is 3.05. The third kappa shape index (κ3) is 31.2. The van der Waals surface area contributed by atoms with Gasteiger partial charge in [-0.1, -0.05) is 128 Å². The number of unbranched alkanes of at least 4 members (excludes halogenated alkanes) is 16. The van der Waals surface area contributed by atoms with E-state index >= 15 is 0 Å². The molecule has 0 aliphatic carbocycles. The van der Waals surface area contributed by atoms with Crippen LogP contribution in [-0.4, -0.2) is 59.9 Å². The third-order valence-electron chi connectivity index (χ3n) is 7.70. The zero-order chi connectivity index (χ0) is 35.7. The second kappa shape index (κ2) is 32.2. The van der Waals surface area contributed by atoms with Crippen LogP contribution in [0.2, 0.25) is 0 Å². The Morgan fingerprint density at radius 2 is 1.12 bits per heavy atom. The van der Waals surface area contributed by atoms with E-state index in [9.17, 15) is 23.8 Å². The number of ether oxygens (including phenoxy) is 2. The summed E-state index contributed by atoms with van der Waals surface area (Å²) < 4.78 is 32.3. The number of phosphoric ester groups is 1. The second-order valence-corrected chi connectivity index (χ2v) is 13.8. The maximum absolute atomic E-state index is 12.5. The van der Waals surface area contributed by atoms with Crippen LogP contribution in [0, 0.1) is 0 Å². The zero-order valence-corrected chi connectivity index (χ0v) is 30.7. The zero-order valence-electron chi connectivity index (χ0n) is 29.8. The van der Waals surface area contributed by atoms with Crippen molar-refractivity contribution in [1.82, 2.24) is 0 Å². The largest absolute Gasteiger partial charge is 0.480 e. The summed E-state index contributed by atoms with van der Waals surface area (Å²) in [6, 6.07) is -1.52. The van der Waals surface area contributed by atoms with Crippen molar-refractivity contribution in [3.8, 4) is 0 Å². The summed E-state index contributed by atoms with van der Waals surface area (Å²) in [5.74, 6) is -2.44. The maximum atomic E-state index is 12.5. The average molecular weight is 704 g/mol. The number of rotatable bonds is 34. The van der Waals surface area contributed by atoms with E-state index in [2.05, 4.69) is 36.6 Å². The van der Waals surface area contributed by atoms with Gasteiger partial charge in [0.1, 0.15) is 12.6 Å². The van der Waals surface area contributed by atoms with Crippen molar-refractivity contribution in [3.63, 3.8) is 0 Å². The first-order chi connectivity index (χ1) is 23.1. The Hall–Kier alpha value is -2.04. The third-order valence-corrected chi connectivity index (χ3v) is 8.65. The van der Waals surface area contributed by atoms with Crippen LogP contribution in [0.5, 0.6) is 0 Å². The molecule has 0 aromatic rings. The van der Waals surface area contributed by atoms with Gasteiger partial charge in [-0.15, -0.1) is 0 Å². The van der Waals surface area contributed by atoms with E-state index in [0.717, 1.165) is 32.1 Å². The fraction of sp³-hybridized carbons (Fsp3) is 0.806. The van der Waals surface area contributed by atoms with Gasteiger partial charge in [0.2, 0.25) is 0 Å². The Morgan fingerprint density at radius 1 is 0.646 bits per heavy atom. The van der Waals surface area contributed by atoms with E-state index in [4.69, 9.17) is 24.8 Å². The Labute approximate surface area is 290 Å². The molecule has 11 nitrogen and oxygen atoms in total. The van der Waals surface area contributed by atoms with Crippen molar-refractivity contribution in [2.75, 3.05) is 19.8 Å². The van der Waals surface area contributed by atoms with Crippen LogP contribution in [0.15, 0.2) is 24.3 Å². The molecule has 12 heteroatoms. The highest BCUT2D eigenvalue weighted by Crippen LogP contribution is 2.43. The molecule has 0 aromatic heterocycles. The molecule has 0 aliphatic heterocycles. The van der Waals surface area contributed by atoms with E-state index in [1.807, 2.05) is 6.08 Å². The molecule has 4 N–H and O–H groups in total. The lowest BCUT2D eigenvalue weighted by Crippen LogP contribution is -2.34. The predicted molar refractivity (Wildman–Crippen MR) is 189 cm³/mol. The van der Waals surface area contributed by atoms with E-state index in [-0.39, 0.29) is 19.4 Å². The SMILES string of the molecule is CCCCCCCCCCC/C=C/C/C=C/CCCC(=O)O[C@@H](COC(=O)CCCCCCCCC)COP(=O)(O)OC[C@H](N)C(=O)O. The highest BCUT2D eigenvalue weighted by atomic mass is 31.2. The molecular weight excluding hydrogens is 637 g/mol. The predicted octanol–water partition coefficient (Wildman–Crippen LogP) is 8.72. The number of carboxylic acids is 1. The van der Waals surface area contributed by atoms with Crippen molar-refractivity contribution in [2.45, 2.75) is 167 Å². The van der Waals surface area contributed by atoms with Gasteiger partial charge in [0.15, 0.2) is 6.10 Å². The molecular formula is C36H66NO10P. The minimum atomic E-state index is -4.71. The summed E-state index contributed by atoms with van der Waals surface area (Å²) in [5, 5.41) is 8.83. The molecule has 0 amide bonds. The molecule has 1 unspecified atom stereocenters. The van der Waals surface area contributed by atoms with Crippen LogP contribution < -0.4 is 5.73 Å². The van der Waals surface area contributed by atoms with Crippen LogP contribution in [0.25, 0.3) is 0 Å². The Morgan fingerprint density at radius 3 is 1.69 bits per heavy atom. The van der Waals surface area contributed by atoms with Gasteiger partial charge in [-0.2, -0.15) is 0 Å². The van der Waals surface area contributed by atoms with E-state index in [1.165, 1.54) is 77.0 Å². The van der Waals surface area contributed by atoms with Gasteiger partial charge in [-0.3, -0.25) is 23.4 Å². The fourth-order valence-corrected chi connectivity index (χ4v) is 5.53. The summed E-state index contributed by atoms with van der Waals surface area (Å²) in [6.45, 7) is 2.68. The summed E-state index contributed by atoms with van der Waals surface area (Å²) >= 11 is 0. The number of allylic oxidation sites excluding steroid dienone is 4. The topological polar surface area (TPSA) is 172 Å². The van der Waals surface area contributed by atoms with Gasteiger partial charge >= 0.3 is 25.7 Å². The Balaban J connectivity index is 4.46. The van der Waals surface area contributed by atoms with Gasteiger partial charge in [0, 0.05) is 12.8 Å². The monoisotopic (exact) mass is 703 g/mol. The number of carboxylic acid groups (broad SMARTS) is 1. The summed E-state index contributed by atoms with van der Waals surface area (Å²) in [7, 11) is -4.71. The number of aliphatic carboxylic acids is 1. The quantitative estimate of drug-likeness (QED) is 0.0253. The second-order valence-electron chi connectivity index (χ2n) is 12.4. The molecule has 0 heterocycles. The summed E-state index contributed by atoms with van der Waals surface area (Å²) in [6.07, 6.45) is 30.0. The summed E-state index contributed by atoms with van der Waals surface area (Å²) in [5.41, 5.74) is 5.30. The first-order valence-electron chi connectivity index (χ1n) is 18.4. The highest BCUT2D eigenvalue weighted by Gasteiger charge is 2.28. The first-order valence-corrected chi connectivity index (χ1v) is 19.9. The number of nitrogens with two attached hydrogens (primary N) is 1. The van der Waals surface area contributed by atoms with Gasteiger partial charge < -0.3 is 25.2 Å². The van der Waals surface area contributed by atoms with Crippen LogP contribution in [-0.2, 0) is 37.5 Å². The standard InChI is InChI=1S/C36H66NO10P/c1-3-5-7-9-11-12-13-14-15-16-17-18-19-20-22-24-26-28-35(39)47-32(30-45-48(42,43)46-31-33(37)36(40)41)29-44-34(38)27-25-23-21-10-8-6-4-2/h17-18,20,22,32-33H,3-16,19,21,23-31,37H2,1-2H3,(H,40,41)(H,42,43)/b18-17+,22-20+/t32-,33-/m0/s1. The molecule has 0 aromatic carbocycles. The minimum absolute atomic E-state index is 0.0992. The lowest BCUT2D eigenvalue weighted by molar-refractivity contribution is -0.161. The van der Waals surface area contributed by atoms with Gasteiger partial charge in [0.25, 0.3) is 0 Å². The summed E-state index contributed by atoms with van der Waals surface area (Å²) in [4.78, 5) is 45.5. The van der Waals surface area contributed by atoms with Crippen LogP contribution in [0.3, 0.4) is 0 Å². The lowest BCUT2D eigenvalue weighted by Gasteiger charge is -2.20. The number of hydrogen-bond donors (Lipinski definition) is 3. The molecule has 3 atom stereocenters. The molecule has 0 aliphatic rings. The normalized spacial score (nSPS) is 14.2. The Bertz CT molecular complexity index is 926. The van der Waals surface area contributed by atoms with Crippen LogP contribution in [0.1, 0.15) is 155 Å². The fourth-order valence-electron chi connectivity index (χ4n) is 4.75. The molecule has 0 fully saturated rings. The molecule has 0 radical (unpaired) electrons. The lowest BCUT2D eigenvalue weighted by atomic mass is 10.1. The molecule has 0 saturated carbocycles. The molecule has 0 bridgehead atoms. The molecule has 0 saturated heterocycles. The van der Waals surface area contributed by atoms with Crippen LogP contribution in [0.4, 0.5) is 0 Å². The van der Waals surface area contributed by atoms with E-state index in [1.54, 1.807) is 0 Å². The molecule has 0 spiro atoms. The minimum Gasteiger partial charge on any atom is -0.480 e. The molecule has 48 heavy (non-hydrogen) atoms. The Kier molecular flexibility index (Phi) is 30.8.